The second kappa shape index (κ2) is 7.75. The SMILES string of the molecule is COC(=O)C(COc1ccc(F)cc1F)NC(=O)OC(C)(C)C. The van der Waals surface area contributed by atoms with Crippen molar-refractivity contribution in [2.75, 3.05) is 13.7 Å². The highest BCUT2D eigenvalue weighted by atomic mass is 19.1. The summed E-state index contributed by atoms with van der Waals surface area (Å²) < 4.78 is 40.9. The zero-order valence-electron chi connectivity index (χ0n) is 13.3. The number of methoxy groups -OCH3 is 1. The smallest absolute Gasteiger partial charge is 0.408 e. The number of carbonyl (C=O) groups is 2. The van der Waals surface area contributed by atoms with Gasteiger partial charge < -0.3 is 19.5 Å². The van der Waals surface area contributed by atoms with Crippen LogP contribution in [0.25, 0.3) is 0 Å². The second-order valence-corrected chi connectivity index (χ2v) is 5.61. The molecule has 8 heteroatoms. The zero-order valence-corrected chi connectivity index (χ0v) is 13.3. The topological polar surface area (TPSA) is 73.9 Å². The van der Waals surface area contributed by atoms with E-state index in [1.54, 1.807) is 20.8 Å². The van der Waals surface area contributed by atoms with Gasteiger partial charge in [0.25, 0.3) is 0 Å². The predicted octanol–water partition coefficient (Wildman–Crippen LogP) is 2.41. The van der Waals surface area contributed by atoms with Crippen molar-refractivity contribution in [3.05, 3.63) is 29.8 Å². The van der Waals surface area contributed by atoms with Crippen LogP contribution in [0, 0.1) is 11.6 Å². The fourth-order valence-electron chi connectivity index (χ4n) is 1.53. The Hall–Kier alpha value is -2.38. The molecule has 1 aromatic carbocycles. The lowest BCUT2D eigenvalue weighted by molar-refractivity contribution is -0.143. The third kappa shape index (κ3) is 6.50. The van der Waals surface area contributed by atoms with Gasteiger partial charge in [-0.05, 0) is 32.9 Å². The van der Waals surface area contributed by atoms with Crippen LogP contribution < -0.4 is 10.1 Å². The van der Waals surface area contributed by atoms with Crippen LogP contribution in [-0.4, -0.2) is 37.4 Å². The molecule has 6 nitrogen and oxygen atoms in total. The number of hydrogen-bond acceptors (Lipinski definition) is 5. The normalized spacial score (nSPS) is 12.3. The highest BCUT2D eigenvalue weighted by molar-refractivity contribution is 5.81. The van der Waals surface area contributed by atoms with Crippen molar-refractivity contribution in [3.8, 4) is 5.75 Å². The molecule has 0 aromatic heterocycles. The van der Waals surface area contributed by atoms with Crippen LogP contribution in [0.1, 0.15) is 20.8 Å². The summed E-state index contributed by atoms with van der Waals surface area (Å²) >= 11 is 0. The summed E-state index contributed by atoms with van der Waals surface area (Å²) in [4.78, 5) is 23.3. The van der Waals surface area contributed by atoms with Gasteiger partial charge in [-0.15, -0.1) is 0 Å². The molecule has 0 saturated heterocycles. The van der Waals surface area contributed by atoms with Crippen molar-refractivity contribution in [1.29, 1.82) is 0 Å². The van der Waals surface area contributed by atoms with Gasteiger partial charge >= 0.3 is 12.1 Å². The first-order valence-electron chi connectivity index (χ1n) is 6.77. The van der Waals surface area contributed by atoms with E-state index in [0.29, 0.717) is 6.07 Å². The average Bonchev–Trinajstić information content (AvgIpc) is 2.42. The van der Waals surface area contributed by atoms with E-state index in [0.717, 1.165) is 19.2 Å². The fourth-order valence-corrected chi connectivity index (χ4v) is 1.53. The number of benzene rings is 1. The average molecular weight is 331 g/mol. The minimum absolute atomic E-state index is 0.258. The summed E-state index contributed by atoms with van der Waals surface area (Å²) in [6, 6.07) is 1.52. The van der Waals surface area contributed by atoms with Crippen molar-refractivity contribution in [1.82, 2.24) is 5.32 Å². The molecule has 0 saturated carbocycles. The van der Waals surface area contributed by atoms with Gasteiger partial charge in [-0.2, -0.15) is 0 Å². The number of amides is 1. The molecule has 128 valence electrons. The quantitative estimate of drug-likeness (QED) is 0.839. The summed E-state index contributed by atoms with van der Waals surface area (Å²) in [5, 5.41) is 2.27. The number of alkyl carbamates (subject to hydrolysis) is 1. The number of halogens is 2. The molecule has 1 atom stereocenters. The maximum absolute atomic E-state index is 13.5. The highest BCUT2D eigenvalue weighted by Gasteiger charge is 2.26. The molecule has 23 heavy (non-hydrogen) atoms. The maximum Gasteiger partial charge on any atom is 0.408 e. The van der Waals surface area contributed by atoms with Gasteiger partial charge in [-0.25, -0.2) is 18.4 Å². The molecule has 0 radical (unpaired) electrons. The van der Waals surface area contributed by atoms with Crippen molar-refractivity contribution in [2.45, 2.75) is 32.4 Å². The van der Waals surface area contributed by atoms with Crippen molar-refractivity contribution in [3.63, 3.8) is 0 Å². The lowest BCUT2D eigenvalue weighted by Gasteiger charge is -2.22. The number of rotatable bonds is 5. The van der Waals surface area contributed by atoms with Gasteiger partial charge in [-0.1, -0.05) is 0 Å². The Kier molecular flexibility index (Phi) is 6.29. The van der Waals surface area contributed by atoms with Crippen LogP contribution in [0.3, 0.4) is 0 Å². The van der Waals surface area contributed by atoms with Gasteiger partial charge in [0.05, 0.1) is 7.11 Å². The van der Waals surface area contributed by atoms with Crippen LogP contribution in [0.15, 0.2) is 18.2 Å². The van der Waals surface area contributed by atoms with E-state index < -0.39 is 41.9 Å². The van der Waals surface area contributed by atoms with Gasteiger partial charge in [-0.3, -0.25) is 0 Å². The van der Waals surface area contributed by atoms with Gasteiger partial charge in [0, 0.05) is 6.07 Å². The van der Waals surface area contributed by atoms with Gasteiger partial charge in [0.15, 0.2) is 17.6 Å². The van der Waals surface area contributed by atoms with E-state index in [1.807, 2.05) is 0 Å². The first-order valence-corrected chi connectivity index (χ1v) is 6.77. The minimum Gasteiger partial charge on any atom is -0.488 e. The van der Waals surface area contributed by atoms with Crippen molar-refractivity contribution >= 4 is 12.1 Å². The standard InChI is InChI=1S/C15H19F2NO5/c1-15(2,3)23-14(20)18-11(13(19)21-4)8-22-12-6-5-9(16)7-10(12)17/h5-7,11H,8H2,1-4H3,(H,18,20). The van der Waals surface area contributed by atoms with E-state index in [2.05, 4.69) is 10.1 Å². The Morgan fingerprint density at radius 2 is 1.91 bits per heavy atom. The molecular formula is C15H19F2NO5. The molecule has 1 rings (SSSR count). The van der Waals surface area contributed by atoms with E-state index in [-0.39, 0.29) is 5.75 Å². The molecule has 0 aliphatic heterocycles. The second-order valence-electron chi connectivity index (χ2n) is 5.61. The molecule has 0 fully saturated rings. The Balaban J connectivity index is 2.71. The summed E-state index contributed by atoms with van der Waals surface area (Å²) in [6.07, 6.45) is -0.851. The van der Waals surface area contributed by atoms with Crippen molar-refractivity contribution < 1.29 is 32.6 Å². The summed E-state index contributed by atoms with van der Waals surface area (Å²) in [5.41, 5.74) is -0.755. The van der Waals surface area contributed by atoms with Crippen LogP contribution in [-0.2, 0) is 14.3 Å². The fraction of sp³-hybridized carbons (Fsp3) is 0.467. The Morgan fingerprint density at radius 1 is 1.26 bits per heavy atom. The molecule has 0 aliphatic rings. The monoisotopic (exact) mass is 331 g/mol. The number of ether oxygens (including phenoxy) is 3. The number of nitrogens with one attached hydrogen (secondary N) is 1. The van der Waals surface area contributed by atoms with Crippen molar-refractivity contribution in [2.24, 2.45) is 0 Å². The predicted molar refractivity (Wildman–Crippen MR) is 77.0 cm³/mol. The molecule has 0 spiro atoms. The zero-order chi connectivity index (χ0) is 17.6. The van der Waals surface area contributed by atoms with Crippen LogP contribution in [0.5, 0.6) is 5.75 Å². The van der Waals surface area contributed by atoms with Gasteiger partial charge in [0.2, 0.25) is 0 Å². The number of carbonyl (C=O) groups excluding carboxylic acids is 2. The number of hydrogen-bond donors (Lipinski definition) is 1. The van der Waals surface area contributed by atoms with E-state index in [4.69, 9.17) is 9.47 Å². The molecule has 1 N–H and O–H groups in total. The number of esters is 1. The maximum atomic E-state index is 13.5. The highest BCUT2D eigenvalue weighted by Crippen LogP contribution is 2.18. The molecule has 1 amide bonds. The summed E-state index contributed by atoms with van der Waals surface area (Å²) in [7, 11) is 1.13. The Bertz CT molecular complexity index is 571. The van der Waals surface area contributed by atoms with E-state index in [9.17, 15) is 18.4 Å². The molecule has 1 aromatic rings. The summed E-state index contributed by atoms with van der Waals surface area (Å²) in [5.74, 6) is -2.73. The lowest BCUT2D eigenvalue weighted by Crippen LogP contribution is -2.47. The van der Waals surface area contributed by atoms with E-state index >= 15 is 0 Å². The van der Waals surface area contributed by atoms with Crippen LogP contribution in [0.2, 0.25) is 0 Å². The summed E-state index contributed by atoms with van der Waals surface area (Å²) in [6.45, 7) is 4.56. The molecule has 0 heterocycles. The van der Waals surface area contributed by atoms with Gasteiger partial charge in [0.1, 0.15) is 18.0 Å². The first-order chi connectivity index (χ1) is 10.6. The minimum atomic E-state index is -1.21. The largest absolute Gasteiger partial charge is 0.488 e. The molecule has 1 unspecified atom stereocenters. The third-order valence-electron chi connectivity index (χ3n) is 2.48. The first kappa shape index (κ1) is 18.7. The Morgan fingerprint density at radius 3 is 2.43 bits per heavy atom. The van der Waals surface area contributed by atoms with E-state index in [1.165, 1.54) is 0 Å². The molecule has 0 aliphatic carbocycles. The molecule has 0 bridgehead atoms. The van der Waals surface area contributed by atoms with Crippen LogP contribution in [0.4, 0.5) is 13.6 Å². The van der Waals surface area contributed by atoms with Crippen LogP contribution >= 0.6 is 0 Å². The lowest BCUT2D eigenvalue weighted by atomic mass is 10.2. The molecular weight excluding hydrogens is 312 g/mol. The third-order valence-corrected chi connectivity index (χ3v) is 2.48. The Labute approximate surface area is 132 Å².